The second kappa shape index (κ2) is 5.59. The van der Waals surface area contributed by atoms with E-state index in [4.69, 9.17) is 0 Å². The van der Waals surface area contributed by atoms with Gasteiger partial charge in [0.15, 0.2) is 0 Å². The molecule has 1 N–H and O–H groups in total. The van der Waals surface area contributed by atoms with Crippen LogP contribution in [0, 0.1) is 5.92 Å². The van der Waals surface area contributed by atoms with Crippen LogP contribution in [-0.2, 0) is 0 Å². The van der Waals surface area contributed by atoms with Crippen LogP contribution >= 0.6 is 0 Å². The number of nitrogens with zero attached hydrogens (tertiary/aromatic N) is 2. The Morgan fingerprint density at radius 3 is 3.10 bits per heavy atom. The minimum Gasteiger partial charge on any atom is -0.337 e. The van der Waals surface area contributed by atoms with Gasteiger partial charge in [0.05, 0.1) is 0 Å². The summed E-state index contributed by atoms with van der Waals surface area (Å²) in [5.41, 5.74) is 0.577. The Labute approximate surface area is 118 Å². The number of nitrogens with one attached hydrogen (secondary N) is 1. The van der Waals surface area contributed by atoms with E-state index in [1.54, 1.807) is 6.20 Å². The Hall–Kier alpha value is -1.94. The smallest absolute Gasteiger partial charge is 0.273 e. The van der Waals surface area contributed by atoms with Crippen molar-refractivity contribution < 1.29 is 4.79 Å². The van der Waals surface area contributed by atoms with Crippen LogP contribution in [0.2, 0.25) is 0 Å². The van der Waals surface area contributed by atoms with E-state index in [0.717, 1.165) is 36.8 Å². The van der Waals surface area contributed by atoms with E-state index in [1.165, 1.54) is 0 Å². The van der Waals surface area contributed by atoms with E-state index in [0.29, 0.717) is 11.6 Å². The van der Waals surface area contributed by atoms with Crippen LogP contribution in [0.5, 0.6) is 0 Å². The van der Waals surface area contributed by atoms with Gasteiger partial charge in [-0.2, -0.15) is 0 Å². The van der Waals surface area contributed by atoms with Crippen molar-refractivity contribution in [2.24, 2.45) is 5.92 Å². The molecule has 0 radical (unpaired) electrons. The van der Waals surface area contributed by atoms with E-state index in [2.05, 4.69) is 10.3 Å². The van der Waals surface area contributed by atoms with Crippen molar-refractivity contribution >= 4 is 16.7 Å². The molecule has 0 bridgehead atoms. The highest BCUT2D eigenvalue weighted by Gasteiger charge is 2.27. The zero-order chi connectivity index (χ0) is 13.9. The van der Waals surface area contributed by atoms with Gasteiger partial charge in [-0.25, -0.2) is 0 Å². The van der Waals surface area contributed by atoms with Gasteiger partial charge >= 0.3 is 0 Å². The van der Waals surface area contributed by atoms with E-state index in [9.17, 15) is 4.79 Å². The van der Waals surface area contributed by atoms with Crippen molar-refractivity contribution in [1.29, 1.82) is 0 Å². The fourth-order valence-electron chi connectivity index (χ4n) is 2.91. The molecule has 1 aromatic heterocycles. The van der Waals surface area contributed by atoms with E-state index < -0.39 is 0 Å². The zero-order valence-corrected chi connectivity index (χ0v) is 11.7. The first-order chi connectivity index (χ1) is 9.79. The molecule has 1 unspecified atom stereocenters. The lowest BCUT2D eigenvalue weighted by Gasteiger charge is -2.17. The molecular formula is C16H19N3O. The van der Waals surface area contributed by atoms with Crippen molar-refractivity contribution in [2.75, 3.05) is 26.7 Å². The van der Waals surface area contributed by atoms with E-state index in [-0.39, 0.29) is 5.91 Å². The SMILES string of the molecule is CNCC1CCN(C(=O)c2nccc3ccccc23)C1. The highest BCUT2D eigenvalue weighted by atomic mass is 16.2. The molecule has 3 rings (SSSR count). The van der Waals surface area contributed by atoms with Crippen molar-refractivity contribution in [3.8, 4) is 0 Å². The first-order valence-corrected chi connectivity index (χ1v) is 7.07. The van der Waals surface area contributed by atoms with Gasteiger partial charge in [0, 0.05) is 24.7 Å². The molecule has 1 aliphatic heterocycles. The summed E-state index contributed by atoms with van der Waals surface area (Å²) in [6.45, 7) is 2.62. The predicted molar refractivity (Wildman–Crippen MR) is 79.7 cm³/mol. The average Bonchev–Trinajstić information content (AvgIpc) is 2.95. The Morgan fingerprint density at radius 2 is 2.25 bits per heavy atom. The molecule has 20 heavy (non-hydrogen) atoms. The highest BCUT2D eigenvalue weighted by molar-refractivity contribution is 6.05. The first kappa shape index (κ1) is 13.1. The lowest BCUT2D eigenvalue weighted by molar-refractivity contribution is 0.0783. The monoisotopic (exact) mass is 269 g/mol. The number of benzene rings is 1. The second-order valence-corrected chi connectivity index (χ2v) is 5.34. The van der Waals surface area contributed by atoms with Crippen molar-refractivity contribution in [1.82, 2.24) is 15.2 Å². The lowest BCUT2D eigenvalue weighted by atomic mass is 10.1. The Morgan fingerprint density at radius 1 is 1.40 bits per heavy atom. The maximum Gasteiger partial charge on any atom is 0.273 e. The number of aromatic nitrogens is 1. The summed E-state index contributed by atoms with van der Waals surface area (Å²) in [7, 11) is 1.96. The van der Waals surface area contributed by atoms with Crippen LogP contribution in [0.4, 0.5) is 0 Å². The number of hydrogen-bond donors (Lipinski definition) is 1. The van der Waals surface area contributed by atoms with Crippen LogP contribution in [0.3, 0.4) is 0 Å². The largest absolute Gasteiger partial charge is 0.337 e. The number of likely N-dealkylation sites (tertiary alicyclic amines) is 1. The number of rotatable bonds is 3. The van der Waals surface area contributed by atoms with Crippen molar-refractivity contribution in [3.05, 3.63) is 42.2 Å². The molecule has 4 heteroatoms. The molecule has 1 fully saturated rings. The predicted octanol–water partition coefficient (Wildman–Crippen LogP) is 1.92. The minimum atomic E-state index is 0.0559. The van der Waals surface area contributed by atoms with E-state index >= 15 is 0 Å². The van der Waals surface area contributed by atoms with Gasteiger partial charge in [0.2, 0.25) is 0 Å². The first-order valence-electron chi connectivity index (χ1n) is 7.07. The van der Waals surface area contributed by atoms with Gasteiger partial charge < -0.3 is 10.2 Å². The fourth-order valence-corrected chi connectivity index (χ4v) is 2.91. The molecule has 0 aliphatic carbocycles. The maximum absolute atomic E-state index is 12.7. The van der Waals surface area contributed by atoms with Gasteiger partial charge in [-0.15, -0.1) is 0 Å². The third kappa shape index (κ3) is 2.39. The summed E-state index contributed by atoms with van der Waals surface area (Å²) in [6, 6.07) is 9.86. The maximum atomic E-state index is 12.7. The molecule has 1 aromatic carbocycles. The zero-order valence-electron chi connectivity index (χ0n) is 11.7. The molecule has 0 saturated carbocycles. The van der Waals surface area contributed by atoms with Crippen LogP contribution < -0.4 is 5.32 Å². The van der Waals surface area contributed by atoms with Gasteiger partial charge in [0.1, 0.15) is 5.69 Å². The van der Waals surface area contributed by atoms with Gasteiger partial charge in [-0.05, 0) is 37.4 Å². The molecule has 2 aromatic rings. The Bertz CT molecular complexity index is 621. The summed E-state index contributed by atoms with van der Waals surface area (Å²) >= 11 is 0. The number of carbonyl (C=O) groups is 1. The molecular weight excluding hydrogens is 250 g/mol. The molecule has 0 spiro atoms. The van der Waals surface area contributed by atoms with Crippen molar-refractivity contribution in [3.63, 3.8) is 0 Å². The average molecular weight is 269 g/mol. The lowest BCUT2D eigenvalue weighted by Crippen LogP contribution is -2.31. The summed E-state index contributed by atoms with van der Waals surface area (Å²) in [5, 5.41) is 5.19. The normalized spacial score (nSPS) is 18.6. The second-order valence-electron chi connectivity index (χ2n) is 5.34. The summed E-state index contributed by atoms with van der Waals surface area (Å²) in [4.78, 5) is 18.9. The standard InChI is InChI=1S/C16H19N3O/c1-17-10-12-7-9-19(11-12)16(20)15-14-5-3-2-4-13(14)6-8-18-15/h2-6,8,12,17H,7,9-11H2,1H3. The molecule has 1 aliphatic rings. The van der Waals surface area contributed by atoms with Crippen molar-refractivity contribution in [2.45, 2.75) is 6.42 Å². The quantitative estimate of drug-likeness (QED) is 0.926. The summed E-state index contributed by atoms with van der Waals surface area (Å²) in [5.74, 6) is 0.610. The van der Waals surface area contributed by atoms with Crippen LogP contribution in [-0.4, -0.2) is 42.5 Å². The van der Waals surface area contributed by atoms with Gasteiger partial charge in [-0.1, -0.05) is 24.3 Å². The van der Waals surface area contributed by atoms with Crippen LogP contribution in [0.1, 0.15) is 16.9 Å². The summed E-state index contributed by atoms with van der Waals surface area (Å²) < 4.78 is 0. The fraction of sp³-hybridized carbons (Fsp3) is 0.375. The minimum absolute atomic E-state index is 0.0559. The molecule has 4 nitrogen and oxygen atoms in total. The molecule has 104 valence electrons. The topological polar surface area (TPSA) is 45.2 Å². The highest BCUT2D eigenvalue weighted by Crippen LogP contribution is 2.22. The molecule has 2 heterocycles. The Kier molecular flexibility index (Phi) is 3.65. The summed E-state index contributed by atoms with van der Waals surface area (Å²) in [6.07, 6.45) is 2.79. The Balaban J connectivity index is 1.86. The molecule has 1 atom stereocenters. The van der Waals surface area contributed by atoms with Crippen LogP contribution in [0.15, 0.2) is 36.5 Å². The number of carbonyl (C=O) groups excluding carboxylic acids is 1. The molecule has 1 saturated heterocycles. The van der Waals surface area contributed by atoms with E-state index in [1.807, 2.05) is 42.3 Å². The third-order valence-corrected chi connectivity index (χ3v) is 3.94. The van der Waals surface area contributed by atoms with Gasteiger partial charge in [-0.3, -0.25) is 9.78 Å². The number of pyridine rings is 1. The number of hydrogen-bond acceptors (Lipinski definition) is 3. The van der Waals surface area contributed by atoms with Gasteiger partial charge in [0.25, 0.3) is 5.91 Å². The molecule has 1 amide bonds. The number of fused-ring (bicyclic) bond motifs is 1. The van der Waals surface area contributed by atoms with Crippen LogP contribution in [0.25, 0.3) is 10.8 Å². The number of amides is 1. The third-order valence-electron chi connectivity index (χ3n) is 3.94.